The number of amides is 2. The van der Waals surface area contributed by atoms with Crippen LogP contribution in [-0.4, -0.2) is 53.1 Å². The van der Waals surface area contributed by atoms with Gasteiger partial charge in [0.2, 0.25) is 5.91 Å². The molecule has 4 aliphatic carbocycles. The van der Waals surface area contributed by atoms with Crippen molar-refractivity contribution in [3.8, 4) is 0 Å². The SMILES string of the molecule is O=C(COC(=O)[C@@H]1CC(O)CN1C(=O)C12CC3CC(CC(C3)C1)C2)NCc1cccs1. The Bertz CT molecular complexity index is 819. The van der Waals surface area contributed by atoms with E-state index in [1.165, 1.54) is 19.3 Å². The molecule has 6 rings (SSSR count). The average Bonchev–Trinajstić information content (AvgIpc) is 3.38. The maximum Gasteiger partial charge on any atom is 0.329 e. The monoisotopic (exact) mass is 446 g/mol. The zero-order valence-electron chi connectivity index (χ0n) is 17.6. The quantitative estimate of drug-likeness (QED) is 0.653. The molecular formula is C23H30N2O5S. The highest BCUT2D eigenvalue weighted by Crippen LogP contribution is 2.60. The van der Waals surface area contributed by atoms with Crippen molar-refractivity contribution in [3.05, 3.63) is 22.4 Å². The number of carbonyl (C=O) groups excluding carboxylic acids is 3. The first-order valence-electron chi connectivity index (χ1n) is 11.4. The fourth-order valence-electron chi connectivity index (χ4n) is 6.82. The largest absolute Gasteiger partial charge is 0.454 e. The number of likely N-dealkylation sites (tertiary alicyclic amines) is 1. The fraction of sp³-hybridized carbons (Fsp3) is 0.696. The molecule has 1 aromatic rings. The third kappa shape index (κ3) is 4.12. The van der Waals surface area contributed by atoms with E-state index in [9.17, 15) is 19.5 Å². The Morgan fingerprint density at radius 3 is 2.42 bits per heavy atom. The van der Waals surface area contributed by atoms with Crippen molar-refractivity contribution in [1.82, 2.24) is 10.2 Å². The van der Waals surface area contributed by atoms with Crippen LogP contribution in [0.25, 0.3) is 0 Å². The minimum atomic E-state index is -0.805. The van der Waals surface area contributed by atoms with E-state index in [0.29, 0.717) is 24.3 Å². The normalized spacial score (nSPS) is 35.9. The highest BCUT2D eigenvalue weighted by Gasteiger charge is 2.57. The highest BCUT2D eigenvalue weighted by molar-refractivity contribution is 7.09. The van der Waals surface area contributed by atoms with Crippen LogP contribution >= 0.6 is 11.3 Å². The third-order valence-corrected chi connectivity index (χ3v) is 8.57. The van der Waals surface area contributed by atoms with Gasteiger partial charge in [0.1, 0.15) is 6.04 Å². The molecule has 2 amide bonds. The predicted molar refractivity (Wildman–Crippen MR) is 114 cm³/mol. The number of esters is 1. The van der Waals surface area contributed by atoms with Crippen LogP contribution in [0.1, 0.15) is 49.8 Å². The van der Waals surface area contributed by atoms with E-state index >= 15 is 0 Å². The van der Waals surface area contributed by atoms with Gasteiger partial charge >= 0.3 is 5.97 Å². The van der Waals surface area contributed by atoms with Crippen LogP contribution in [0.3, 0.4) is 0 Å². The van der Waals surface area contributed by atoms with Gasteiger partial charge in [-0.05, 0) is 67.7 Å². The number of β-amino-alcohol motifs (C(OH)–C–C–N with tert-alkyl or cyclic N) is 1. The highest BCUT2D eigenvalue weighted by atomic mass is 32.1. The van der Waals surface area contributed by atoms with Crippen LogP contribution in [0.4, 0.5) is 0 Å². The Labute approximate surface area is 186 Å². The molecule has 1 aromatic heterocycles. The number of nitrogens with zero attached hydrogens (tertiary/aromatic N) is 1. The Morgan fingerprint density at radius 2 is 1.81 bits per heavy atom. The maximum atomic E-state index is 13.7. The Morgan fingerprint density at radius 1 is 1.13 bits per heavy atom. The first-order chi connectivity index (χ1) is 14.9. The lowest BCUT2D eigenvalue weighted by Gasteiger charge is -2.56. The van der Waals surface area contributed by atoms with Crippen molar-refractivity contribution in [3.63, 3.8) is 0 Å². The molecule has 31 heavy (non-hydrogen) atoms. The molecule has 0 radical (unpaired) electrons. The van der Waals surface area contributed by atoms with E-state index in [0.717, 1.165) is 24.1 Å². The zero-order chi connectivity index (χ0) is 21.6. The van der Waals surface area contributed by atoms with E-state index < -0.39 is 18.1 Å². The summed E-state index contributed by atoms with van der Waals surface area (Å²) in [4.78, 5) is 41.1. The second-order valence-corrected chi connectivity index (χ2v) is 11.1. The van der Waals surface area contributed by atoms with Crippen LogP contribution in [0, 0.1) is 23.2 Å². The van der Waals surface area contributed by atoms with Crippen molar-refractivity contribution >= 4 is 29.1 Å². The Balaban J connectivity index is 1.20. The number of carbonyl (C=O) groups is 3. The van der Waals surface area contributed by atoms with Crippen molar-refractivity contribution in [1.29, 1.82) is 0 Å². The minimum absolute atomic E-state index is 0.0206. The summed E-state index contributed by atoms with van der Waals surface area (Å²) >= 11 is 1.54. The van der Waals surface area contributed by atoms with E-state index in [-0.39, 0.29) is 36.8 Å². The molecule has 5 fully saturated rings. The van der Waals surface area contributed by atoms with Gasteiger partial charge in [-0.15, -0.1) is 11.3 Å². The molecule has 2 heterocycles. The standard InChI is InChI=1S/C23H30N2O5S/c26-17-7-19(21(28)30-13-20(27)24-11-18-2-1-3-31-18)25(12-17)22(29)23-8-14-4-15(9-23)6-16(5-14)10-23/h1-3,14-17,19,26H,4-13H2,(H,24,27)/t14?,15?,16?,17?,19-,23?/m0/s1. The molecule has 2 N–H and O–H groups in total. The lowest BCUT2D eigenvalue weighted by molar-refractivity contribution is -0.166. The molecule has 2 atom stereocenters. The summed E-state index contributed by atoms with van der Waals surface area (Å²) < 4.78 is 5.25. The van der Waals surface area contributed by atoms with Gasteiger partial charge < -0.3 is 20.1 Å². The smallest absolute Gasteiger partial charge is 0.329 e. The summed E-state index contributed by atoms with van der Waals surface area (Å²) in [6.07, 6.45) is 5.90. The first-order valence-corrected chi connectivity index (χ1v) is 12.2. The van der Waals surface area contributed by atoms with Gasteiger partial charge in [0.05, 0.1) is 18.1 Å². The molecule has 5 aliphatic rings. The second kappa shape index (κ2) is 8.20. The van der Waals surface area contributed by atoms with Gasteiger partial charge in [-0.1, -0.05) is 6.07 Å². The molecule has 4 bridgehead atoms. The van der Waals surface area contributed by atoms with Crippen LogP contribution in [-0.2, 0) is 25.7 Å². The molecule has 1 unspecified atom stereocenters. The molecule has 1 saturated heterocycles. The zero-order valence-corrected chi connectivity index (χ0v) is 18.4. The predicted octanol–water partition coefficient (Wildman–Crippen LogP) is 2.09. The van der Waals surface area contributed by atoms with Crippen molar-refractivity contribution in [2.75, 3.05) is 13.2 Å². The van der Waals surface area contributed by atoms with Crippen molar-refractivity contribution in [2.45, 2.75) is 63.6 Å². The number of aliphatic hydroxyl groups excluding tert-OH is 1. The molecule has 8 heteroatoms. The molecule has 4 saturated carbocycles. The number of nitrogens with one attached hydrogen (secondary N) is 1. The molecule has 7 nitrogen and oxygen atoms in total. The number of hydrogen-bond donors (Lipinski definition) is 2. The second-order valence-electron chi connectivity index (χ2n) is 10.0. The Hall–Kier alpha value is -1.93. The number of rotatable bonds is 6. The van der Waals surface area contributed by atoms with Crippen molar-refractivity contribution in [2.24, 2.45) is 23.2 Å². The first kappa shape index (κ1) is 20.9. The topological polar surface area (TPSA) is 95.9 Å². The lowest BCUT2D eigenvalue weighted by atomic mass is 9.49. The number of thiophene rings is 1. The van der Waals surface area contributed by atoms with E-state index in [4.69, 9.17) is 4.74 Å². The van der Waals surface area contributed by atoms with Gasteiger partial charge in [0.25, 0.3) is 5.91 Å². The van der Waals surface area contributed by atoms with Gasteiger partial charge in [-0.25, -0.2) is 4.79 Å². The summed E-state index contributed by atoms with van der Waals surface area (Å²) in [6, 6.07) is 3.03. The van der Waals surface area contributed by atoms with Gasteiger partial charge in [0, 0.05) is 17.8 Å². The number of aliphatic hydroxyl groups is 1. The minimum Gasteiger partial charge on any atom is -0.454 e. The third-order valence-electron chi connectivity index (χ3n) is 7.69. The van der Waals surface area contributed by atoms with Gasteiger partial charge in [-0.2, -0.15) is 0 Å². The van der Waals surface area contributed by atoms with E-state index in [1.54, 1.807) is 16.2 Å². The van der Waals surface area contributed by atoms with Crippen LogP contribution in [0.15, 0.2) is 17.5 Å². The summed E-state index contributed by atoms with van der Waals surface area (Å²) in [6.45, 7) is 0.188. The lowest BCUT2D eigenvalue weighted by Crippen LogP contribution is -2.56. The van der Waals surface area contributed by atoms with Crippen LogP contribution < -0.4 is 5.32 Å². The van der Waals surface area contributed by atoms with Gasteiger partial charge in [-0.3, -0.25) is 9.59 Å². The molecule has 1 aliphatic heterocycles. The number of hydrogen-bond acceptors (Lipinski definition) is 6. The van der Waals surface area contributed by atoms with E-state index in [2.05, 4.69) is 5.32 Å². The van der Waals surface area contributed by atoms with Crippen molar-refractivity contribution < 1.29 is 24.2 Å². The molecular weight excluding hydrogens is 416 g/mol. The summed E-state index contributed by atoms with van der Waals surface area (Å²) in [5.74, 6) is 0.924. The summed E-state index contributed by atoms with van der Waals surface area (Å²) in [7, 11) is 0. The maximum absolute atomic E-state index is 13.7. The fourth-order valence-corrected chi connectivity index (χ4v) is 7.47. The molecule has 168 valence electrons. The molecule has 0 aromatic carbocycles. The van der Waals surface area contributed by atoms with Gasteiger partial charge in [0.15, 0.2) is 6.61 Å². The summed E-state index contributed by atoms with van der Waals surface area (Å²) in [5, 5.41) is 14.9. The van der Waals surface area contributed by atoms with Crippen LogP contribution in [0.5, 0.6) is 0 Å². The summed E-state index contributed by atoms with van der Waals surface area (Å²) in [5.41, 5.74) is -0.366. The molecule has 0 spiro atoms. The Kier molecular flexibility index (Phi) is 5.54. The number of ether oxygens (including phenoxy) is 1. The average molecular weight is 447 g/mol. The van der Waals surface area contributed by atoms with Crippen LogP contribution in [0.2, 0.25) is 0 Å². The van der Waals surface area contributed by atoms with E-state index in [1.807, 2.05) is 17.5 Å².